The van der Waals surface area contributed by atoms with Gasteiger partial charge in [0, 0.05) is 30.4 Å². The Balaban J connectivity index is 1.40. The molecule has 0 spiro atoms. The Kier molecular flexibility index (Phi) is 3.99. The molecule has 5 heteroatoms. The zero-order valence-corrected chi connectivity index (χ0v) is 13.4. The summed E-state index contributed by atoms with van der Waals surface area (Å²) in [5.74, 6) is 1.25. The molecule has 2 heterocycles. The fourth-order valence-electron chi connectivity index (χ4n) is 3.36. The molecule has 0 saturated carbocycles. The Bertz CT molecular complexity index is 733. The zero-order chi connectivity index (χ0) is 16.4. The second-order valence-corrected chi connectivity index (χ2v) is 6.10. The molecule has 0 bridgehead atoms. The first-order valence-electron chi connectivity index (χ1n) is 8.31. The van der Waals surface area contributed by atoms with E-state index in [4.69, 9.17) is 9.47 Å². The van der Waals surface area contributed by atoms with Crippen molar-refractivity contribution >= 4 is 11.6 Å². The van der Waals surface area contributed by atoms with Gasteiger partial charge in [-0.1, -0.05) is 18.2 Å². The highest BCUT2D eigenvalue weighted by atomic mass is 16.7. The molecular weight excluding hydrogens is 304 g/mol. The van der Waals surface area contributed by atoms with Gasteiger partial charge in [0.1, 0.15) is 0 Å². The number of nitrogens with zero attached hydrogens (tertiary/aromatic N) is 1. The fraction of sp³-hybridized carbons (Fsp3) is 0.316. The maximum Gasteiger partial charge on any atom is 0.251 e. The van der Waals surface area contributed by atoms with E-state index in [9.17, 15) is 4.79 Å². The lowest BCUT2D eigenvalue weighted by Crippen LogP contribution is -2.40. The first kappa shape index (κ1) is 14.9. The highest BCUT2D eigenvalue weighted by Crippen LogP contribution is 2.32. The summed E-state index contributed by atoms with van der Waals surface area (Å²) >= 11 is 0. The lowest BCUT2D eigenvalue weighted by atomic mass is 10.1. The first-order valence-corrected chi connectivity index (χ1v) is 8.31. The largest absolute Gasteiger partial charge is 0.454 e. The summed E-state index contributed by atoms with van der Waals surface area (Å²) in [4.78, 5) is 14.8. The Hall–Kier alpha value is -2.69. The van der Waals surface area contributed by atoms with E-state index in [1.165, 1.54) is 5.69 Å². The molecule has 4 rings (SSSR count). The van der Waals surface area contributed by atoms with E-state index in [-0.39, 0.29) is 12.7 Å². The molecule has 5 nitrogen and oxygen atoms in total. The van der Waals surface area contributed by atoms with Crippen LogP contribution in [0.25, 0.3) is 0 Å². The predicted molar refractivity (Wildman–Crippen MR) is 91.7 cm³/mol. The van der Waals surface area contributed by atoms with Crippen molar-refractivity contribution in [2.75, 3.05) is 24.8 Å². The van der Waals surface area contributed by atoms with E-state index in [0.29, 0.717) is 29.6 Å². The van der Waals surface area contributed by atoms with Crippen LogP contribution in [-0.4, -0.2) is 31.8 Å². The maximum atomic E-state index is 12.4. The van der Waals surface area contributed by atoms with Gasteiger partial charge in [-0.25, -0.2) is 0 Å². The summed E-state index contributed by atoms with van der Waals surface area (Å²) in [7, 11) is 0. The van der Waals surface area contributed by atoms with Gasteiger partial charge in [-0.05, 0) is 43.2 Å². The molecule has 1 fully saturated rings. The first-order chi connectivity index (χ1) is 11.8. The van der Waals surface area contributed by atoms with Crippen LogP contribution < -0.4 is 19.7 Å². The van der Waals surface area contributed by atoms with E-state index in [0.717, 1.165) is 19.4 Å². The SMILES string of the molecule is O=C(NCC1CCCN1c1ccccc1)c1ccc2c(c1)OCO2. The number of benzene rings is 2. The average molecular weight is 324 g/mol. The van der Waals surface area contributed by atoms with Crippen molar-refractivity contribution in [3.63, 3.8) is 0 Å². The van der Waals surface area contributed by atoms with E-state index < -0.39 is 0 Å². The van der Waals surface area contributed by atoms with Gasteiger partial charge >= 0.3 is 0 Å². The molecule has 24 heavy (non-hydrogen) atoms. The number of hydrogen-bond donors (Lipinski definition) is 1. The van der Waals surface area contributed by atoms with Crippen LogP contribution in [-0.2, 0) is 0 Å². The number of hydrogen-bond acceptors (Lipinski definition) is 4. The minimum absolute atomic E-state index is 0.0757. The van der Waals surface area contributed by atoms with Crippen molar-refractivity contribution in [2.24, 2.45) is 0 Å². The van der Waals surface area contributed by atoms with Gasteiger partial charge in [0.2, 0.25) is 6.79 Å². The van der Waals surface area contributed by atoms with Gasteiger partial charge < -0.3 is 19.7 Å². The molecule has 1 amide bonds. The second-order valence-electron chi connectivity index (χ2n) is 6.10. The van der Waals surface area contributed by atoms with Crippen LogP contribution in [0.5, 0.6) is 11.5 Å². The Morgan fingerprint density at radius 3 is 2.83 bits per heavy atom. The topological polar surface area (TPSA) is 50.8 Å². The van der Waals surface area contributed by atoms with E-state index in [2.05, 4.69) is 34.5 Å². The normalized spacial score (nSPS) is 18.7. The number of rotatable bonds is 4. The lowest BCUT2D eigenvalue weighted by Gasteiger charge is -2.27. The van der Waals surface area contributed by atoms with Crippen LogP contribution in [0.2, 0.25) is 0 Å². The Morgan fingerprint density at radius 1 is 1.12 bits per heavy atom. The van der Waals surface area contributed by atoms with Gasteiger partial charge in [-0.2, -0.15) is 0 Å². The molecule has 2 aliphatic rings. The van der Waals surface area contributed by atoms with Crippen LogP contribution in [0, 0.1) is 0 Å². The summed E-state index contributed by atoms with van der Waals surface area (Å²) < 4.78 is 10.6. The van der Waals surface area contributed by atoms with Gasteiger partial charge in [-0.15, -0.1) is 0 Å². The van der Waals surface area contributed by atoms with Gasteiger partial charge in [-0.3, -0.25) is 4.79 Å². The number of amides is 1. The summed E-state index contributed by atoms with van der Waals surface area (Å²) in [5.41, 5.74) is 1.82. The molecule has 0 radical (unpaired) electrons. The molecule has 1 unspecified atom stereocenters. The number of carbonyl (C=O) groups is 1. The minimum Gasteiger partial charge on any atom is -0.454 e. The summed E-state index contributed by atoms with van der Waals surface area (Å²) in [6, 6.07) is 16.0. The molecule has 0 aromatic heterocycles. The van der Waals surface area contributed by atoms with Crippen LogP contribution in [0.4, 0.5) is 5.69 Å². The number of anilines is 1. The van der Waals surface area contributed by atoms with E-state index >= 15 is 0 Å². The maximum absolute atomic E-state index is 12.4. The van der Waals surface area contributed by atoms with Crippen molar-refractivity contribution in [2.45, 2.75) is 18.9 Å². The molecule has 124 valence electrons. The van der Waals surface area contributed by atoms with E-state index in [1.807, 2.05) is 6.07 Å². The Morgan fingerprint density at radius 2 is 1.96 bits per heavy atom. The summed E-state index contributed by atoms with van der Waals surface area (Å²) in [6.45, 7) is 1.89. The van der Waals surface area contributed by atoms with Crippen molar-refractivity contribution in [1.29, 1.82) is 0 Å². The number of nitrogens with one attached hydrogen (secondary N) is 1. The van der Waals surface area contributed by atoms with Gasteiger partial charge in [0.05, 0.1) is 0 Å². The monoisotopic (exact) mass is 324 g/mol. The molecule has 2 aromatic rings. The minimum atomic E-state index is -0.0757. The van der Waals surface area contributed by atoms with Crippen LogP contribution in [0.1, 0.15) is 23.2 Å². The molecular formula is C19H20N2O3. The highest BCUT2D eigenvalue weighted by molar-refractivity contribution is 5.95. The molecule has 0 aliphatic carbocycles. The van der Waals surface area contributed by atoms with Gasteiger partial charge in [0.15, 0.2) is 11.5 Å². The molecule has 1 N–H and O–H groups in total. The fourth-order valence-corrected chi connectivity index (χ4v) is 3.36. The number of ether oxygens (including phenoxy) is 2. The third-order valence-corrected chi connectivity index (χ3v) is 4.60. The third-order valence-electron chi connectivity index (χ3n) is 4.60. The number of para-hydroxylation sites is 1. The third kappa shape index (κ3) is 2.89. The zero-order valence-electron chi connectivity index (χ0n) is 13.4. The highest BCUT2D eigenvalue weighted by Gasteiger charge is 2.25. The predicted octanol–water partition coefficient (Wildman–Crippen LogP) is 2.81. The van der Waals surface area contributed by atoms with Crippen molar-refractivity contribution in [1.82, 2.24) is 5.32 Å². The standard InChI is InChI=1S/C19H20N2O3/c22-19(14-8-9-17-18(11-14)24-13-23-17)20-12-16-7-4-10-21(16)15-5-2-1-3-6-15/h1-3,5-6,8-9,11,16H,4,7,10,12-13H2,(H,20,22). The second kappa shape index (κ2) is 6.43. The summed E-state index contributed by atoms with van der Waals surface area (Å²) in [6.07, 6.45) is 2.25. The van der Waals surface area contributed by atoms with Gasteiger partial charge in [0.25, 0.3) is 5.91 Å². The lowest BCUT2D eigenvalue weighted by molar-refractivity contribution is 0.0951. The van der Waals surface area contributed by atoms with Crippen LogP contribution >= 0.6 is 0 Å². The smallest absolute Gasteiger partial charge is 0.251 e. The Labute approximate surface area is 141 Å². The molecule has 1 saturated heterocycles. The average Bonchev–Trinajstić information content (AvgIpc) is 3.28. The molecule has 2 aliphatic heterocycles. The van der Waals surface area contributed by atoms with Crippen molar-refractivity contribution in [3.8, 4) is 11.5 Å². The molecule has 2 aromatic carbocycles. The quantitative estimate of drug-likeness (QED) is 0.939. The number of carbonyl (C=O) groups excluding carboxylic acids is 1. The van der Waals surface area contributed by atoms with E-state index in [1.54, 1.807) is 18.2 Å². The summed E-state index contributed by atoms with van der Waals surface area (Å²) in [5, 5.41) is 3.05. The van der Waals surface area contributed by atoms with Crippen molar-refractivity contribution in [3.05, 3.63) is 54.1 Å². The van der Waals surface area contributed by atoms with Crippen LogP contribution in [0.15, 0.2) is 48.5 Å². The number of fused-ring (bicyclic) bond motifs is 1. The van der Waals surface area contributed by atoms with Crippen molar-refractivity contribution < 1.29 is 14.3 Å². The van der Waals surface area contributed by atoms with Crippen LogP contribution in [0.3, 0.4) is 0 Å². The molecule has 1 atom stereocenters.